The summed E-state index contributed by atoms with van der Waals surface area (Å²) in [6.07, 6.45) is -9.04. The van der Waals surface area contributed by atoms with E-state index in [4.69, 9.17) is 32.5 Å². The molecule has 3 aromatic rings. The van der Waals surface area contributed by atoms with Crippen LogP contribution in [0.15, 0.2) is 96.1 Å². The molecule has 0 aromatic heterocycles. The summed E-state index contributed by atoms with van der Waals surface area (Å²) in [5.74, 6) is -6.18. The number of benzene rings is 3. The highest BCUT2D eigenvalue weighted by atomic mass is 28.4. The number of fused-ring (bicyclic) bond motifs is 5. The number of amides is 1. The van der Waals surface area contributed by atoms with Gasteiger partial charge in [-0.1, -0.05) is 104 Å². The minimum absolute atomic E-state index is 0.0587. The first-order chi connectivity index (χ1) is 37.3. The molecule has 1 amide bonds. The Kier molecular flexibility index (Phi) is 18.2. The van der Waals surface area contributed by atoms with Gasteiger partial charge in [-0.25, -0.2) is 9.59 Å². The van der Waals surface area contributed by atoms with Gasteiger partial charge >= 0.3 is 23.9 Å². The van der Waals surface area contributed by atoms with Crippen LogP contribution in [0.25, 0.3) is 0 Å². The molecule has 2 bridgehead atoms. The number of hydrogen-bond donors (Lipinski definition) is 2. The summed E-state index contributed by atoms with van der Waals surface area (Å²) >= 11 is 0. The van der Waals surface area contributed by atoms with Crippen LogP contribution in [0.2, 0.25) is 36.3 Å². The van der Waals surface area contributed by atoms with E-state index in [1.807, 2.05) is 41.5 Å². The first-order valence-electron chi connectivity index (χ1n) is 27.7. The lowest BCUT2D eigenvalue weighted by molar-refractivity contribution is -0.384. The summed E-state index contributed by atoms with van der Waals surface area (Å²) in [5.41, 5.74) is -6.95. The Balaban J connectivity index is 1.50. The number of ketones is 1. The van der Waals surface area contributed by atoms with Crippen molar-refractivity contribution in [1.82, 2.24) is 5.32 Å². The first-order valence-corrected chi connectivity index (χ1v) is 32.8. The van der Waals surface area contributed by atoms with Gasteiger partial charge in [-0.05, 0) is 91.1 Å². The summed E-state index contributed by atoms with van der Waals surface area (Å²) in [6.45, 7) is 20.7. The molecule has 3 aromatic carbocycles. The van der Waals surface area contributed by atoms with Gasteiger partial charge in [0, 0.05) is 49.8 Å². The standard InChI is InChI=1S/C59H78N2O16Si2/c1-13-78(14-2,15-3)76-44-33-45-58(35-71-45,75-38(9)63)50-52(74-54(66)41-27-23-20-24-28-41)59(68)34-43(36(7)46(56(59,10)11)48(72-37(8)62)51(64)57(44,50)12)73-55(67)49(77-79(16-4,17-5)18-6)47(39-29-31-42(32-30-39)61(69)70)60-53(65)40-25-21-19-22-26-40/h19-32,43-45,47-50,52,68H,13-18,33-35H2,1-12H3,(H,60,65)/t43-,44-,45+,47?,48+,49+,50-,52-,57+,58-,59+/m0/s1. The number of nitro benzene ring substituents is 1. The van der Waals surface area contributed by atoms with Gasteiger partial charge in [0.15, 0.2) is 40.2 Å². The van der Waals surface area contributed by atoms with Crippen LogP contribution in [-0.4, -0.2) is 117 Å². The number of carbonyl (C=O) groups excluding carboxylic acids is 6. The molecule has 1 heterocycles. The zero-order valence-corrected chi connectivity index (χ0v) is 49.6. The number of ether oxygens (including phenoxy) is 5. The van der Waals surface area contributed by atoms with Gasteiger partial charge < -0.3 is 43.0 Å². The number of rotatable bonds is 21. The van der Waals surface area contributed by atoms with Crippen LogP contribution < -0.4 is 5.32 Å². The van der Waals surface area contributed by atoms with Gasteiger partial charge in [0.1, 0.15) is 23.9 Å². The molecular weight excluding hydrogens is 1050 g/mol. The van der Waals surface area contributed by atoms with Crippen LogP contribution in [0.5, 0.6) is 0 Å². The maximum absolute atomic E-state index is 16.6. The van der Waals surface area contributed by atoms with Crippen LogP contribution in [-0.2, 0) is 51.7 Å². The number of carbonyl (C=O) groups is 6. The topological polar surface area (TPSA) is 242 Å². The number of nitrogens with zero attached hydrogens (tertiary/aromatic N) is 1. The molecule has 79 heavy (non-hydrogen) atoms. The van der Waals surface area contributed by atoms with E-state index in [0.29, 0.717) is 36.3 Å². The second-order valence-electron chi connectivity index (χ2n) is 22.5. The minimum atomic E-state index is -2.89. The molecule has 0 spiro atoms. The fraction of sp³-hybridized carbons (Fsp3) is 0.559. The highest BCUT2D eigenvalue weighted by Gasteiger charge is 2.79. The van der Waals surface area contributed by atoms with Gasteiger partial charge in [-0.2, -0.15) is 0 Å². The van der Waals surface area contributed by atoms with E-state index in [9.17, 15) is 34.4 Å². The first kappa shape index (κ1) is 60.7. The van der Waals surface area contributed by atoms with E-state index in [0.717, 1.165) is 6.92 Å². The van der Waals surface area contributed by atoms with E-state index in [1.165, 1.54) is 31.2 Å². The Morgan fingerprint density at radius 2 is 1.34 bits per heavy atom. The number of non-ortho nitro benzene ring substituents is 1. The molecule has 3 aliphatic carbocycles. The maximum atomic E-state index is 16.6. The molecule has 1 unspecified atom stereocenters. The van der Waals surface area contributed by atoms with Crippen molar-refractivity contribution >= 4 is 57.9 Å². The Morgan fingerprint density at radius 3 is 1.84 bits per heavy atom. The third-order valence-corrected chi connectivity index (χ3v) is 27.6. The third kappa shape index (κ3) is 11.0. The fourth-order valence-corrected chi connectivity index (χ4v) is 18.9. The van der Waals surface area contributed by atoms with Gasteiger partial charge in [0.05, 0.1) is 40.6 Å². The van der Waals surface area contributed by atoms with Gasteiger partial charge in [-0.3, -0.25) is 29.3 Å². The zero-order chi connectivity index (χ0) is 58.0. The van der Waals surface area contributed by atoms with Crippen molar-refractivity contribution in [2.24, 2.45) is 16.7 Å². The van der Waals surface area contributed by atoms with Crippen molar-refractivity contribution in [3.8, 4) is 0 Å². The van der Waals surface area contributed by atoms with Crippen molar-refractivity contribution in [2.75, 3.05) is 6.61 Å². The molecule has 3 fully saturated rings. The second-order valence-corrected chi connectivity index (χ2v) is 31.9. The highest BCUT2D eigenvalue weighted by molar-refractivity contribution is 6.74. The van der Waals surface area contributed by atoms with E-state index in [1.54, 1.807) is 88.4 Å². The van der Waals surface area contributed by atoms with E-state index in [2.05, 4.69) is 5.32 Å². The zero-order valence-electron chi connectivity index (χ0n) is 47.6. The van der Waals surface area contributed by atoms with Crippen molar-refractivity contribution in [3.63, 3.8) is 0 Å². The lowest BCUT2D eigenvalue weighted by Gasteiger charge is -2.68. The number of hydrogen-bond acceptors (Lipinski definition) is 16. The highest BCUT2D eigenvalue weighted by Crippen LogP contribution is 2.65. The molecule has 0 radical (unpaired) electrons. The van der Waals surface area contributed by atoms with Gasteiger partial charge in [-0.15, -0.1) is 0 Å². The summed E-state index contributed by atoms with van der Waals surface area (Å²) < 4.78 is 46.9. The normalized spacial score (nSPS) is 28.0. The molecule has 11 atom stereocenters. The monoisotopic (exact) mass is 1130 g/mol. The molecule has 428 valence electrons. The van der Waals surface area contributed by atoms with E-state index < -0.39 is 134 Å². The largest absolute Gasteiger partial charge is 0.456 e. The summed E-state index contributed by atoms with van der Waals surface area (Å²) in [4.78, 5) is 100. The lowest BCUT2D eigenvalue weighted by atomic mass is 9.44. The molecule has 20 heteroatoms. The number of esters is 4. The maximum Gasteiger partial charge on any atom is 0.338 e. The van der Waals surface area contributed by atoms with Crippen molar-refractivity contribution in [2.45, 2.75) is 186 Å². The number of aliphatic hydroxyl groups is 1. The molecular formula is C59H78N2O16Si2. The molecule has 18 nitrogen and oxygen atoms in total. The van der Waals surface area contributed by atoms with Gasteiger partial charge in [0.25, 0.3) is 11.6 Å². The summed E-state index contributed by atoms with van der Waals surface area (Å²) in [5, 5.41) is 29.4. The molecule has 1 aliphatic heterocycles. The summed E-state index contributed by atoms with van der Waals surface area (Å²) in [6, 6.07) is 24.1. The molecule has 7 rings (SSSR count). The molecule has 2 saturated carbocycles. The fourth-order valence-electron chi connectivity index (χ4n) is 13.1. The minimum Gasteiger partial charge on any atom is -0.456 e. The molecule has 2 N–H and O–H groups in total. The molecule has 1 saturated heterocycles. The van der Waals surface area contributed by atoms with Crippen LogP contribution in [0.1, 0.15) is 128 Å². The average molecular weight is 1130 g/mol. The van der Waals surface area contributed by atoms with Crippen LogP contribution >= 0.6 is 0 Å². The Labute approximate surface area is 465 Å². The van der Waals surface area contributed by atoms with E-state index in [-0.39, 0.29) is 46.6 Å². The Hall–Kier alpha value is -5.91. The number of Topliss-reactive ketones (excluding diaryl/α,β-unsaturated/α-hetero) is 1. The van der Waals surface area contributed by atoms with Crippen LogP contribution in [0.3, 0.4) is 0 Å². The van der Waals surface area contributed by atoms with Crippen molar-refractivity contribution in [3.05, 3.63) is 123 Å². The SMILES string of the molecule is CC[Si](CC)(CC)O[C@H]1C[C@H]2OC[C@@]2(OC(C)=O)[C@H]2[C@H](OC(=O)c3ccccc3)[C@]3(O)C[C@H](OC(=O)[C@H](O[Si](CC)(CC)CC)C(NC(=O)c4ccccc4)c4ccc([N+](=O)[O-])cc4)C(C)=C([C@@H](OC(C)=O)C(=O)[C@]12C)C3(C)C. The smallest absolute Gasteiger partial charge is 0.338 e. The summed E-state index contributed by atoms with van der Waals surface area (Å²) in [7, 11) is -5.58. The van der Waals surface area contributed by atoms with Crippen molar-refractivity contribution in [1.29, 1.82) is 0 Å². The van der Waals surface area contributed by atoms with Crippen LogP contribution in [0.4, 0.5) is 5.69 Å². The van der Waals surface area contributed by atoms with Gasteiger partial charge in [0.2, 0.25) is 0 Å². The second kappa shape index (κ2) is 23.7. The van der Waals surface area contributed by atoms with Crippen LogP contribution in [0, 0.1) is 26.9 Å². The average Bonchev–Trinajstić information content (AvgIpc) is 3.19. The van der Waals surface area contributed by atoms with E-state index >= 15 is 9.59 Å². The predicted molar refractivity (Wildman–Crippen MR) is 296 cm³/mol. The lowest BCUT2D eigenvalue weighted by Crippen LogP contribution is -2.82. The van der Waals surface area contributed by atoms with Crippen molar-refractivity contribution < 1.29 is 71.3 Å². The Bertz CT molecular complexity index is 2790. The molecule has 4 aliphatic rings. The predicted octanol–water partition coefficient (Wildman–Crippen LogP) is 9.70. The number of nitrogens with one attached hydrogen (secondary N) is 1. The third-order valence-electron chi connectivity index (χ3n) is 18.4. The quantitative estimate of drug-likeness (QED) is 0.0252. The Morgan fingerprint density at radius 1 is 0.785 bits per heavy atom. The number of nitro groups is 1.